The van der Waals surface area contributed by atoms with E-state index < -0.39 is 5.97 Å². The normalized spacial score (nSPS) is 19.7. The highest BCUT2D eigenvalue weighted by atomic mass is 32.1. The van der Waals surface area contributed by atoms with Gasteiger partial charge in [0.1, 0.15) is 5.01 Å². The average Bonchev–Trinajstić information content (AvgIpc) is 3.15. The van der Waals surface area contributed by atoms with Gasteiger partial charge in [0.05, 0.1) is 12.2 Å². The minimum absolute atomic E-state index is 0.0198. The Morgan fingerprint density at radius 1 is 1.22 bits per heavy atom. The SMILES string of the molecule is CCc1ccc(-c2nc(C(=O)OCC(=O)N3C[C@H](C)O[C@@H](C)C3)cs2)cc1. The van der Waals surface area contributed by atoms with Crippen molar-refractivity contribution in [2.24, 2.45) is 0 Å². The standard InChI is InChI=1S/C20H24N2O4S/c1-4-15-5-7-16(8-6-15)19-21-17(12-27-19)20(24)25-11-18(23)22-9-13(2)26-14(3)10-22/h5-8,12-14H,4,9-11H2,1-3H3/t13-,14-/m0/s1. The van der Waals surface area contributed by atoms with E-state index in [1.54, 1.807) is 10.3 Å². The zero-order valence-electron chi connectivity index (χ0n) is 15.8. The number of carbonyl (C=O) groups excluding carboxylic acids is 2. The van der Waals surface area contributed by atoms with Gasteiger partial charge in [-0.25, -0.2) is 9.78 Å². The highest BCUT2D eigenvalue weighted by molar-refractivity contribution is 7.13. The summed E-state index contributed by atoms with van der Waals surface area (Å²) in [6.07, 6.45) is 0.937. The Morgan fingerprint density at radius 3 is 2.52 bits per heavy atom. The maximum absolute atomic E-state index is 12.3. The molecule has 0 unspecified atom stereocenters. The first-order chi connectivity index (χ1) is 13.0. The summed E-state index contributed by atoms with van der Waals surface area (Å²) < 4.78 is 10.8. The molecule has 2 atom stereocenters. The fraction of sp³-hybridized carbons (Fsp3) is 0.450. The van der Waals surface area contributed by atoms with Crippen molar-refractivity contribution < 1.29 is 19.1 Å². The quantitative estimate of drug-likeness (QED) is 0.736. The summed E-state index contributed by atoms with van der Waals surface area (Å²) >= 11 is 1.38. The van der Waals surface area contributed by atoms with Gasteiger partial charge in [-0.3, -0.25) is 4.79 Å². The molecule has 6 nitrogen and oxygen atoms in total. The molecule has 1 aromatic carbocycles. The summed E-state index contributed by atoms with van der Waals surface area (Å²) in [4.78, 5) is 30.5. The van der Waals surface area contributed by atoms with Crippen molar-refractivity contribution in [3.8, 4) is 10.6 Å². The molecule has 2 heterocycles. The number of rotatable bonds is 5. The molecule has 144 valence electrons. The van der Waals surface area contributed by atoms with Crippen LogP contribution in [0.1, 0.15) is 36.8 Å². The van der Waals surface area contributed by atoms with Crippen molar-refractivity contribution in [3.05, 3.63) is 40.9 Å². The first kappa shape index (κ1) is 19.5. The third-order valence-corrected chi connectivity index (χ3v) is 5.31. The van der Waals surface area contributed by atoms with Crippen molar-refractivity contribution in [2.45, 2.75) is 39.4 Å². The molecule has 1 aliphatic rings. The average molecular weight is 388 g/mol. The number of carbonyl (C=O) groups is 2. The molecule has 27 heavy (non-hydrogen) atoms. The number of esters is 1. The Hall–Kier alpha value is -2.25. The van der Waals surface area contributed by atoms with Gasteiger partial charge in [0.25, 0.3) is 5.91 Å². The van der Waals surface area contributed by atoms with E-state index in [2.05, 4.69) is 24.0 Å². The molecule has 2 aromatic rings. The van der Waals surface area contributed by atoms with Crippen LogP contribution in [0.3, 0.4) is 0 Å². The Morgan fingerprint density at radius 2 is 1.89 bits per heavy atom. The Bertz CT molecular complexity index is 793. The van der Waals surface area contributed by atoms with E-state index in [4.69, 9.17) is 9.47 Å². The molecule has 0 spiro atoms. The number of aromatic nitrogens is 1. The molecule has 0 N–H and O–H groups in total. The second-order valence-corrected chi connectivity index (χ2v) is 7.58. The van der Waals surface area contributed by atoms with Gasteiger partial charge >= 0.3 is 5.97 Å². The van der Waals surface area contributed by atoms with E-state index in [1.165, 1.54) is 16.9 Å². The molecule has 1 amide bonds. The largest absolute Gasteiger partial charge is 0.451 e. The zero-order chi connectivity index (χ0) is 19.4. The van der Waals surface area contributed by atoms with Gasteiger partial charge in [-0.1, -0.05) is 31.2 Å². The van der Waals surface area contributed by atoms with Crippen molar-refractivity contribution in [1.82, 2.24) is 9.88 Å². The zero-order valence-corrected chi connectivity index (χ0v) is 16.6. The number of morpholine rings is 1. The first-order valence-corrected chi connectivity index (χ1v) is 9.99. The van der Waals surface area contributed by atoms with E-state index in [0.717, 1.165) is 17.0 Å². The first-order valence-electron chi connectivity index (χ1n) is 9.11. The monoisotopic (exact) mass is 388 g/mol. The van der Waals surface area contributed by atoms with Gasteiger partial charge in [-0.15, -0.1) is 11.3 Å². The molecule has 1 fully saturated rings. The Balaban J connectivity index is 1.57. The molecule has 7 heteroatoms. The fourth-order valence-electron chi connectivity index (χ4n) is 3.06. The number of aryl methyl sites for hydroxylation is 1. The van der Waals surface area contributed by atoms with Crippen LogP contribution in [-0.4, -0.2) is 53.7 Å². The molecular formula is C20H24N2O4S. The molecule has 0 saturated carbocycles. The number of nitrogens with zero attached hydrogens (tertiary/aromatic N) is 2. The lowest BCUT2D eigenvalue weighted by Gasteiger charge is -2.35. The van der Waals surface area contributed by atoms with Gasteiger partial charge in [0.2, 0.25) is 0 Å². The predicted octanol–water partition coefficient (Wildman–Crippen LogP) is 3.17. The number of thiazole rings is 1. The minimum atomic E-state index is -0.578. The molecule has 1 aromatic heterocycles. The number of ether oxygens (including phenoxy) is 2. The second kappa shape index (κ2) is 8.63. The summed E-state index contributed by atoms with van der Waals surface area (Å²) in [7, 11) is 0. The highest BCUT2D eigenvalue weighted by Gasteiger charge is 2.26. The third-order valence-electron chi connectivity index (χ3n) is 4.42. The molecule has 0 radical (unpaired) electrons. The van der Waals surface area contributed by atoms with Crippen LogP contribution in [-0.2, 0) is 20.7 Å². The highest BCUT2D eigenvalue weighted by Crippen LogP contribution is 2.24. The van der Waals surface area contributed by atoms with Crippen molar-refractivity contribution >= 4 is 23.2 Å². The fourth-order valence-corrected chi connectivity index (χ4v) is 3.85. The van der Waals surface area contributed by atoms with Crippen LogP contribution in [0.4, 0.5) is 0 Å². The van der Waals surface area contributed by atoms with Crippen LogP contribution in [0.5, 0.6) is 0 Å². The molecule has 3 rings (SSSR count). The van der Waals surface area contributed by atoms with E-state index in [-0.39, 0.29) is 30.4 Å². The summed E-state index contributed by atoms with van der Waals surface area (Å²) in [5, 5.41) is 2.42. The van der Waals surface area contributed by atoms with Gasteiger partial charge in [-0.05, 0) is 25.8 Å². The van der Waals surface area contributed by atoms with Crippen LogP contribution < -0.4 is 0 Å². The van der Waals surface area contributed by atoms with Gasteiger partial charge < -0.3 is 14.4 Å². The molecule has 0 bridgehead atoms. The van der Waals surface area contributed by atoms with Gasteiger partial charge in [0.15, 0.2) is 12.3 Å². The van der Waals surface area contributed by atoms with Crippen molar-refractivity contribution in [3.63, 3.8) is 0 Å². The van der Waals surface area contributed by atoms with Gasteiger partial charge in [0, 0.05) is 24.0 Å². The Kier molecular flexibility index (Phi) is 6.23. The number of hydrogen-bond acceptors (Lipinski definition) is 6. The minimum Gasteiger partial charge on any atom is -0.451 e. The topological polar surface area (TPSA) is 68.7 Å². The maximum atomic E-state index is 12.3. The van der Waals surface area contributed by atoms with Crippen LogP contribution in [0.15, 0.2) is 29.6 Å². The van der Waals surface area contributed by atoms with Crippen molar-refractivity contribution in [1.29, 1.82) is 0 Å². The van der Waals surface area contributed by atoms with E-state index >= 15 is 0 Å². The molecule has 0 aliphatic carbocycles. The molecular weight excluding hydrogens is 364 g/mol. The van der Waals surface area contributed by atoms with Crippen LogP contribution in [0.25, 0.3) is 10.6 Å². The lowest BCUT2D eigenvalue weighted by molar-refractivity contribution is -0.146. The maximum Gasteiger partial charge on any atom is 0.358 e. The van der Waals surface area contributed by atoms with Crippen LogP contribution >= 0.6 is 11.3 Å². The Labute approximate surface area is 163 Å². The summed E-state index contributed by atoms with van der Waals surface area (Å²) in [6.45, 7) is 6.69. The number of hydrogen-bond donors (Lipinski definition) is 0. The van der Waals surface area contributed by atoms with Crippen LogP contribution in [0.2, 0.25) is 0 Å². The lowest BCUT2D eigenvalue weighted by Crippen LogP contribution is -2.49. The molecule has 1 aliphatic heterocycles. The summed E-state index contributed by atoms with van der Waals surface area (Å²) in [5.74, 6) is -0.790. The van der Waals surface area contributed by atoms with E-state index in [1.807, 2.05) is 26.0 Å². The molecule has 1 saturated heterocycles. The smallest absolute Gasteiger partial charge is 0.358 e. The summed E-state index contributed by atoms with van der Waals surface area (Å²) in [5.41, 5.74) is 2.44. The summed E-state index contributed by atoms with van der Waals surface area (Å²) in [6, 6.07) is 8.10. The van der Waals surface area contributed by atoms with E-state index in [0.29, 0.717) is 13.1 Å². The number of benzene rings is 1. The van der Waals surface area contributed by atoms with Crippen LogP contribution in [0, 0.1) is 0 Å². The van der Waals surface area contributed by atoms with Gasteiger partial charge in [-0.2, -0.15) is 0 Å². The van der Waals surface area contributed by atoms with E-state index in [9.17, 15) is 9.59 Å². The van der Waals surface area contributed by atoms with Crippen molar-refractivity contribution in [2.75, 3.05) is 19.7 Å². The number of amides is 1. The third kappa shape index (κ3) is 4.93. The second-order valence-electron chi connectivity index (χ2n) is 6.72. The lowest BCUT2D eigenvalue weighted by atomic mass is 10.1. The predicted molar refractivity (Wildman–Crippen MR) is 104 cm³/mol.